The van der Waals surface area contributed by atoms with Gasteiger partial charge in [0.15, 0.2) is 11.5 Å². The third-order valence-electron chi connectivity index (χ3n) is 2.64. The number of nitrogens with one attached hydrogen (secondary N) is 1. The fourth-order valence-corrected chi connectivity index (χ4v) is 1.68. The fourth-order valence-electron chi connectivity index (χ4n) is 1.68. The van der Waals surface area contributed by atoms with E-state index in [1.807, 2.05) is 0 Å². The lowest BCUT2D eigenvalue weighted by atomic mass is 10.1. The van der Waals surface area contributed by atoms with Gasteiger partial charge >= 0.3 is 5.97 Å². The van der Waals surface area contributed by atoms with Crippen molar-refractivity contribution in [3.8, 4) is 11.5 Å². The second kappa shape index (κ2) is 7.25. The molecule has 6 heteroatoms. The van der Waals surface area contributed by atoms with E-state index in [4.69, 9.17) is 9.47 Å². The van der Waals surface area contributed by atoms with Crippen LogP contribution in [0.5, 0.6) is 11.5 Å². The molecule has 1 atom stereocenters. The second-order valence-electron chi connectivity index (χ2n) is 3.75. The van der Waals surface area contributed by atoms with Crippen LogP contribution in [0.4, 0.5) is 0 Å². The van der Waals surface area contributed by atoms with Crippen LogP contribution in [0.2, 0.25) is 0 Å². The average Bonchev–Trinajstić information content (AvgIpc) is 2.45. The Kier molecular flexibility index (Phi) is 5.66. The van der Waals surface area contributed by atoms with Crippen LogP contribution >= 0.6 is 0 Å². The van der Waals surface area contributed by atoms with E-state index in [1.165, 1.54) is 14.2 Å². The van der Waals surface area contributed by atoms with Crippen LogP contribution in [0, 0.1) is 0 Å². The van der Waals surface area contributed by atoms with Crippen molar-refractivity contribution >= 4 is 12.4 Å². The predicted octanol–water partition coefficient (Wildman–Crippen LogP) is 0.534. The lowest BCUT2D eigenvalue weighted by molar-refractivity contribution is -0.144. The quantitative estimate of drug-likeness (QED) is 0.576. The summed E-state index contributed by atoms with van der Waals surface area (Å²) in [5, 5.41) is 2.42. The van der Waals surface area contributed by atoms with Crippen LogP contribution in [0.25, 0.3) is 0 Å². The summed E-state index contributed by atoms with van der Waals surface area (Å²) in [5.41, 5.74) is 0.822. The lowest BCUT2D eigenvalue weighted by Gasteiger charge is -2.15. The molecule has 104 valence electrons. The summed E-state index contributed by atoms with van der Waals surface area (Å²) < 4.78 is 14.9. The van der Waals surface area contributed by atoms with Crippen molar-refractivity contribution in [3.63, 3.8) is 0 Å². The van der Waals surface area contributed by atoms with E-state index in [0.29, 0.717) is 24.3 Å². The minimum atomic E-state index is -0.722. The number of methoxy groups -OCH3 is 3. The normalized spacial score (nSPS) is 11.3. The number of benzene rings is 1. The molecule has 0 unspecified atom stereocenters. The Morgan fingerprint density at radius 2 is 1.95 bits per heavy atom. The predicted molar refractivity (Wildman–Crippen MR) is 68.3 cm³/mol. The van der Waals surface area contributed by atoms with E-state index in [0.717, 1.165) is 5.56 Å². The Morgan fingerprint density at radius 3 is 2.47 bits per heavy atom. The number of hydrogen-bond donors (Lipinski definition) is 1. The van der Waals surface area contributed by atoms with Crippen molar-refractivity contribution in [2.45, 2.75) is 12.5 Å². The summed E-state index contributed by atoms with van der Waals surface area (Å²) in [6.45, 7) is 0. The molecule has 0 aliphatic heterocycles. The van der Waals surface area contributed by atoms with E-state index >= 15 is 0 Å². The smallest absolute Gasteiger partial charge is 0.328 e. The molecule has 1 aromatic rings. The topological polar surface area (TPSA) is 73.9 Å². The average molecular weight is 267 g/mol. The van der Waals surface area contributed by atoms with Crippen molar-refractivity contribution in [2.24, 2.45) is 0 Å². The molecule has 0 fully saturated rings. The van der Waals surface area contributed by atoms with Gasteiger partial charge in [-0.05, 0) is 17.7 Å². The molecule has 1 aromatic carbocycles. The zero-order valence-corrected chi connectivity index (χ0v) is 11.1. The first-order valence-electron chi connectivity index (χ1n) is 5.64. The first-order chi connectivity index (χ1) is 9.15. The van der Waals surface area contributed by atoms with Crippen LogP contribution in [0.1, 0.15) is 5.56 Å². The standard InChI is InChI=1S/C13H17NO5/c1-17-11-5-4-9(7-12(11)18-2)6-10(14-8-15)13(16)19-3/h4-5,7-8,10H,6H2,1-3H3,(H,14,15)/t10-/m1/s1. The van der Waals surface area contributed by atoms with Crippen molar-refractivity contribution in [1.29, 1.82) is 0 Å². The van der Waals surface area contributed by atoms with Crippen LogP contribution < -0.4 is 14.8 Å². The number of amides is 1. The maximum absolute atomic E-state index is 11.5. The van der Waals surface area contributed by atoms with Crippen LogP contribution in [-0.4, -0.2) is 39.8 Å². The molecule has 0 aliphatic rings. The van der Waals surface area contributed by atoms with Crippen LogP contribution in [-0.2, 0) is 20.7 Å². The van der Waals surface area contributed by atoms with Gasteiger partial charge in [-0.1, -0.05) is 6.07 Å². The summed E-state index contributed by atoms with van der Waals surface area (Å²) in [6.07, 6.45) is 0.786. The molecule has 0 aliphatic carbocycles. The van der Waals surface area contributed by atoms with Gasteiger partial charge < -0.3 is 19.5 Å². The van der Waals surface area contributed by atoms with E-state index in [2.05, 4.69) is 10.1 Å². The zero-order valence-electron chi connectivity index (χ0n) is 11.1. The first-order valence-corrected chi connectivity index (χ1v) is 5.64. The van der Waals surface area contributed by atoms with E-state index in [9.17, 15) is 9.59 Å². The zero-order chi connectivity index (χ0) is 14.3. The summed E-state index contributed by atoms with van der Waals surface area (Å²) in [6, 6.07) is 4.56. The molecule has 1 amide bonds. The molecule has 1 rings (SSSR count). The molecule has 0 bridgehead atoms. The maximum atomic E-state index is 11.5. The maximum Gasteiger partial charge on any atom is 0.328 e. The Balaban J connectivity index is 2.90. The molecule has 6 nitrogen and oxygen atoms in total. The van der Waals surface area contributed by atoms with E-state index in [1.54, 1.807) is 25.3 Å². The van der Waals surface area contributed by atoms with Crippen LogP contribution in [0.3, 0.4) is 0 Å². The van der Waals surface area contributed by atoms with Crippen molar-refractivity contribution in [2.75, 3.05) is 21.3 Å². The highest BCUT2D eigenvalue weighted by atomic mass is 16.5. The van der Waals surface area contributed by atoms with E-state index < -0.39 is 12.0 Å². The minimum Gasteiger partial charge on any atom is -0.493 e. The molecule has 0 spiro atoms. The summed E-state index contributed by atoms with van der Waals surface area (Å²) in [5.74, 6) is 0.667. The van der Waals surface area contributed by atoms with Crippen LogP contribution in [0.15, 0.2) is 18.2 Å². The summed E-state index contributed by atoms with van der Waals surface area (Å²) in [7, 11) is 4.35. The number of esters is 1. The fraction of sp³-hybridized carbons (Fsp3) is 0.385. The van der Waals surface area contributed by atoms with Gasteiger partial charge in [0.2, 0.25) is 6.41 Å². The van der Waals surface area contributed by atoms with E-state index in [-0.39, 0.29) is 0 Å². The highest BCUT2D eigenvalue weighted by Gasteiger charge is 2.19. The van der Waals surface area contributed by atoms with Gasteiger partial charge in [-0.3, -0.25) is 4.79 Å². The number of rotatable bonds is 7. The summed E-state index contributed by atoms with van der Waals surface area (Å²) >= 11 is 0. The van der Waals surface area contributed by atoms with Gasteiger partial charge in [-0.15, -0.1) is 0 Å². The molecule has 0 radical (unpaired) electrons. The van der Waals surface area contributed by atoms with Gasteiger partial charge in [0.25, 0.3) is 0 Å². The molecule has 0 saturated carbocycles. The van der Waals surface area contributed by atoms with Gasteiger partial charge in [0, 0.05) is 6.42 Å². The molecular formula is C13H17NO5. The Labute approximate surface area is 111 Å². The SMILES string of the molecule is COC(=O)[C@@H](Cc1ccc(OC)c(OC)c1)NC=O. The summed E-state index contributed by atoms with van der Waals surface area (Å²) in [4.78, 5) is 22.0. The number of hydrogen-bond acceptors (Lipinski definition) is 5. The Morgan fingerprint density at radius 1 is 1.26 bits per heavy atom. The van der Waals surface area contributed by atoms with Gasteiger partial charge in [-0.2, -0.15) is 0 Å². The number of ether oxygens (including phenoxy) is 3. The van der Waals surface area contributed by atoms with Crippen molar-refractivity contribution in [3.05, 3.63) is 23.8 Å². The van der Waals surface area contributed by atoms with Crippen molar-refractivity contribution < 1.29 is 23.8 Å². The third-order valence-corrected chi connectivity index (χ3v) is 2.64. The highest BCUT2D eigenvalue weighted by molar-refractivity contribution is 5.78. The van der Waals surface area contributed by atoms with Gasteiger partial charge in [-0.25, -0.2) is 4.79 Å². The molecule has 0 saturated heterocycles. The number of carbonyl (C=O) groups excluding carboxylic acids is 2. The largest absolute Gasteiger partial charge is 0.493 e. The first kappa shape index (κ1) is 14.8. The lowest BCUT2D eigenvalue weighted by Crippen LogP contribution is -2.38. The molecular weight excluding hydrogens is 250 g/mol. The Bertz CT molecular complexity index is 447. The third kappa shape index (κ3) is 3.87. The highest BCUT2D eigenvalue weighted by Crippen LogP contribution is 2.27. The second-order valence-corrected chi connectivity index (χ2v) is 3.75. The van der Waals surface area contributed by atoms with Gasteiger partial charge in [0.05, 0.1) is 21.3 Å². The van der Waals surface area contributed by atoms with Crippen molar-refractivity contribution in [1.82, 2.24) is 5.32 Å². The monoisotopic (exact) mass is 267 g/mol. The molecule has 1 N–H and O–H groups in total. The molecule has 0 aromatic heterocycles. The minimum absolute atomic E-state index is 0.311. The number of carbonyl (C=O) groups is 2. The van der Waals surface area contributed by atoms with Gasteiger partial charge in [0.1, 0.15) is 6.04 Å². The molecule has 19 heavy (non-hydrogen) atoms. The molecule has 0 heterocycles. The Hall–Kier alpha value is -2.24.